The third kappa shape index (κ3) is 3.58. The summed E-state index contributed by atoms with van der Waals surface area (Å²) in [4.78, 5) is 11.1. The predicted molar refractivity (Wildman–Crippen MR) is 66.1 cm³/mol. The Morgan fingerprint density at radius 2 is 2.22 bits per heavy atom. The molecule has 1 atom stereocenters. The highest BCUT2D eigenvalue weighted by molar-refractivity contribution is 6.32. The topological polar surface area (TPSA) is 61.5 Å². The van der Waals surface area contributed by atoms with Crippen molar-refractivity contribution >= 4 is 17.6 Å². The summed E-state index contributed by atoms with van der Waals surface area (Å²) in [5.41, 5.74) is 6.19. The van der Waals surface area contributed by atoms with Gasteiger partial charge in [-0.3, -0.25) is 4.79 Å². The molecular formula is C12H15ClFNO3. The number of hydrogen-bond donors (Lipinski definition) is 1. The molecule has 1 aromatic rings. The summed E-state index contributed by atoms with van der Waals surface area (Å²) < 4.78 is 23.3. The molecule has 100 valence electrons. The Balaban J connectivity index is 2.94. The van der Waals surface area contributed by atoms with E-state index in [1.807, 2.05) is 0 Å². The number of carbonyl (C=O) groups excluding carboxylic acids is 1. The van der Waals surface area contributed by atoms with Crippen LogP contribution < -0.4 is 10.5 Å². The Hall–Kier alpha value is -1.33. The Bertz CT molecular complexity index is 416. The van der Waals surface area contributed by atoms with Gasteiger partial charge in [-0.15, -0.1) is 0 Å². The summed E-state index contributed by atoms with van der Waals surface area (Å²) in [6, 6.07) is 2.04. The number of carbonyl (C=O) groups is 1. The highest BCUT2D eigenvalue weighted by atomic mass is 35.5. The lowest BCUT2D eigenvalue weighted by Crippen LogP contribution is -2.16. The van der Waals surface area contributed by atoms with E-state index in [0.29, 0.717) is 12.2 Å². The molecule has 0 aliphatic heterocycles. The predicted octanol–water partition coefficient (Wildman–Crippen LogP) is 2.44. The molecule has 0 saturated heterocycles. The van der Waals surface area contributed by atoms with Gasteiger partial charge in [0.1, 0.15) is 0 Å². The maximum Gasteiger partial charge on any atom is 0.307 e. The van der Waals surface area contributed by atoms with Crippen LogP contribution in [0.3, 0.4) is 0 Å². The Morgan fingerprint density at radius 1 is 1.56 bits per heavy atom. The van der Waals surface area contributed by atoms with Crippen LogP contribution in [0.15, 0.2) is 12.1 Å². The van der Waals surface area contributed by atoms with Crippen LogP contribution in [0.2, 0.25) is 5.02 Å². The maximum absolute atomic E-state index is 13.7. The molecule has 0 bridgehead atoms. The molecule has 4 nitrogen and oxygen atoms in total. The average Bonchev–Trinajstić information content (AvgIpc) is 2.33. The first-order valence-electron chi connectivity index (χ1n) is 5.43. The smallest absolute Gasteiger partial charge is 0.307 e. The lowest BCUT2D eigenvalue weighted by atomic mass is 10.0. The molecule has 1 rings (SSSR count). The number of halogens is 2. The molecule has 0 unspecified atom stereocenters. The number of hydrogen-bond acceptors (Lipinski definition) is 4. The van der Waals surface area contributed by atoms with Crippen LogP contribution in [0.1, 0.15) is 24.9 Å². The van der Waals surface area contributed by atoms with E-state index in [4.69, 9.17) is 22.1 Å². The van der Waals surface area contributed by atoms with Crippen LogP contribution in [0, 0.1) is 5.82 Å². The second-order valence-corrected chi connectivity index (χ2v) is 4.04. The van der Waals surface area contributed by atoms with E-state index in [1.54, 1.807) is 6.92 Å². The van der Waals surface area contributed by atoms with Crippen LogP contribution >= 0.6 is 11.6 Å². The fraction of sp³-hybridized carbons (Fsp3) is 0.417. The van der Waals surface area contributed by atoms with Gasteiger partial charge in [-0.1, -0.05) is 11.6 Å². The quantitative estimate of drug-likeness (QED) is 0.839. The Morgan fingerprint density at radius 3 is 2.72 bits per heavy atom. The summed E-state index contributed by atoms with van der Waals surface area (Å²) in [6.07, 6.45) is -0.0414. The van der Waals surface area contributed by atoms with Crippen LogP contribution in [-0.2, 0) is 9.53 Å². The normalized spacial score (nSPS) is 12.1. The lowest BCUT2D eigenvalue weighted by molar-refractivity contribution is -0.141. The molecule has 0 aliphatic rings. The summed E-state index contributed by atoms with van der Waals surface area (Å²) >= 11 is 5.89. The largest absolute Gasteiger partial charge is 0.489 e. The monoisotopic (exact) mass is 275 g/mol. The first-order chi connectivity index (χ1) is 8.49. The van der Waals surface area contributed by atoms with Gasteiger partial charge in [-0.05, 0) is 24.6 Å². The molecule has 0 fully saturated rings. The van der Waals surface area contributed by atoms with Crippen LogP contribution in [0.4, 0.5) is 4.39 Å². The zero-order valence-electron chi connectivity index (χ0n) is 10.2. The molecule has 0 amide bonds. The third-order valence-electron chi connectivity index (χ3n) is 2.35. The molecule has 0 aromatic heterocycles. The first-order valence-corrected chi connectivity index (χ1v) is 5.81. The van der Waals surface area contributed by atoms with Gasteiger partial charge in [-0.25, -0.2) is 4.39 Å². The van der Waals surface area contributed by atoms with Gasteiger partial charge >= 0.3 is 5.97 Å². The number of benzene rings is 1. The molecule has 0 spiro atoms. The zero-order chi connectivity index (χ0) is 13.7. The van der Waals surface area contributed by atoms with Crippen molar-refractivity contribution < 1.29 is 18.7 Å². The molecule has 6 heteroatoms. The van der Waals surface area contributed by atoms with E-state index < -0.39 is 17.8 Å². The molecule has 0 heterocycles. The van der Waals surface area contributed by atoms with Crippen LogP contribution in [0.5, 0.6) is 5.75 Å². The lowest BCUT2D eigenvalue weighted by Gasteiger charge is -2.14. The number of ether oxygens (including phenoxy) is 2. The number of esters is 1. The minimum Gasteiger partial charge on any atom is -0.489 e. The summed E-state index contributed by atoms with van der Waals surface area (Å²) in [5, 5.41) is 0.132. The van der Waals surface area contributed by atoms with Gasteiger partial charge in [0.15, 0.2) is 11.6 Å². The van der Waals surface area contributed by atoms with E-state index in [0.717, 1.165) is 0 Å². The van der Waals surface area contributed by atoms with Gasteiger partial charge in [0.25, 0.3) is 0 Å². The summed E-state index contributed by atoms with van der Waals surface area (Å²) in [6.45, 7) is 2.04. The van der Waals surface area contributed by atoms with Crippen molar-refractivity contribution in [1.29, 1.82) is 0 Å². The minimum atomic E-state index is -0.667. The second-order valence-electron chi connectivity index (χ2n) is 3.63. The van der Waals surface area contributed by atoms with E-state index in [2.05, 4.69) is 4.74 Å². The van der Waals surface area contributed by atoms with E-state index >= 15 is 0 Å². The second kappa shape index (κ2) is 6.56. The standard InChI is InChI=1S/C12H15ClFNO3/c1-3-18-12-8(13)4-7(5-9(12)14)10(15)6-11(16)17-2/h4-5,10H,3,6,15H2,1-2H3/t10-/m1/s1. The van der Waals surface area contributed by atoms with Crippen molar-refractivity contribution in [2.45, 2.75) is 19.4 Å². The third-order valence-corrected chi connectivity index (χ3v) is 2.63. The highest BCUT2D eigenvalue weighted by Crippen LogP contribution is 2.31. The number of methoxy groups -OCH3 is 1. The maximum atomic E-state index is 13.7. The molecular weight excluding hydrogens is 261 g/mol. The molecule has 2 N–H and O–H groups in total. The number of rotatable bonds is 5. The van der Waals surface area contributed by atoms with Crippen LogP contribution in [0.25, 0.3) is 0 Å². The molecule has 0 radical (unpaired) electrons. The molecule has 1 aromatic carbocycles. The van der Waals surface area contributed by atoms with Gasteiger partial charge in [-0.2, -0.15) is 0 Å². The van der Waals surface area contributed by atoms with E-state index in [1.165, 1.54) is 19.2 Å². The highest BCUT2D eigenvalue weighted by Gasteiger charge is 2.17. The molecule has 0 aliphatic carbocycles. The van der Waals surface area contributed by atoms with Gasteiger partial charge < -0.3 is 15.2 Å². The number of nitrogens with two attached hydrogens (primary N) is 1. The van der Waals surface area contributed by atoms with Gasteiger partial charge in [0, 0.05) is 6.04 Å². The Labute approximate surface area is 110 Å². The fourth-order valence-electron chi connectivity index (χ4n) is 1.46. The van der Waals surface area contributed by atoms with Gasteiger partial charge in [0.05, 0.1) is 25.2 Å². The molecule has 18 heavy (non-hydrogen) atoms. The van der Waals surface area contributed by atoms with Crippen molar-refractivity contribution in [3.63, 3.8) is 0 Å². The van der Waals surface area contributed by atoms with E-state index in [9.17, 15) is 9.18 Å². The SMILES string of the molecule is CCOc1c(F)cc([C@H](N)CC(=O)OC)cc1Cl. The fourth-order valence-corrected chi connectivity index (χ4v) is 1.73. The van der Waals surface area contributed by atoms with Crippen LogP contribution in [-0.4, -0.2) is 19.7 Å². The molecule has 0 saturated carbocycles. The average molecular weight is 276 g/mol. The van der Waals surface area contributed by atoms with Crippen molar-refractivity contribution in [3.05, 3.63) is 28.5 Å². The van der Waals surface area contributed by atoms with Crippen molar-refractivity contribution in [1.82, 2.24) is 0 Å². The minimum absolute atomic E-state index is 0.00631. The van der Waals surface area contributed by atoms with Crippen molar-refractivity contribution in [2.24, 2.45) is 5.73 Å². The first kappa shape index (κ1) is 14.7. The summed E-state index contributed by atoms with van der Waals surface area (Å²) in [7, 11) is 1.26. The Kier molecular flexibility index (Phi) is 5.37. The zero-order valence-corrected chi connectivity index (χ0v) is 11.0. The van der Waals surface area contributed by atoms with E-state index in [-0.39, 0.29) is 17.2 Å². The van der Waals surface area contributed by atoms with Crippen molar-refractivity contribution in [2.75, 3.05) is 13.7 Å². The summed E-state index contributed by atoms with van der Waals surface area (Å²) in [5.74, 6) is -1.07. The van der Waals surface area contributed by atoms with Gasteiger partial charge in [0.2, 0.25) is 0 Å². The van der Waals surface area contributed by atoms with Crippen molar-refractivity contribution in [3.8, 4) is 5.75 Å².